The second-order valence-electron chi connectivity index (χ2n) is 10.2. The molecule has 7 atom stereocenters. The monoisotopic (exact) mass is 360 g/mol. The number of ketones is 1. The standard InChI is InChI=1S/C24H40O2/c1-6-16-26-17(2)11-14-23(4)13-7-8-19-21(23)12-15-24(5)20(18(3)25)9-10-22(19)24/h6,17,19-22H,1,7-16H2,2-5H3. The van der Waals surface area contributed by atoms with Crippen molar-refractivity contribution in [1.29, 1.82) is 0 Å². The first-order chi connectivity index (χ1) is 12.3. The number of carbonyl (C=O) groups is 1. The number of rotatable bonds is 7. The van der Waals surface area contributed by atoms with Gasteiger partial charge in [0.15, 0.2) is 0 Å². The molecule has 3 fully saturated rings. The predicted molar refractivity (Wildman–Crippen MR) is 108 cm³/mol. The fraction of sp³-hybridized carbons (Fsp3) is 0.875. The Bertz CT molecular complexity index is 526. The van der Waals surface area contributed by atoms with Crippen LogP contribution in [0, 0.1) is 34.5 Å². The van der Waals surface area contributed by atoms with Crippen LogP contribution in [0.15, 0.2) is 12.7 Å². The van der Waals surface area contributed by atoms with Crippen molar-refractivity contribution in [3.63, 3.8) is 0 Å². The summed E-state index contributed by atoms with van der Waals surface area (Å²) in [6.45, 7) is 13.5. The van der Waals surface area contributed by atoms with Crippen LogP contribution >= 0.6 is 0 Å². The summed E-state index contributed by atoms with van der Waals surface area (Å²) in [5.74, 6) is 3.26. The van der Waals surface area contributed by atoms with E-state index < -0.39 is 0 Å². The van der Waals surface area contributed by atoms with Gasteiger partial charge in [-0.15, -0.1) is 6.58 Å². The van der Waals surface area contributed by atoms with E-state index in [1.807, 2.05) is 13.0 Å². The van der Waals surface area contributed by atoms with Gasteiger partial charge >= 0.3 is 0 Å². The van der Waals surface area contributed by atoms with Crippen molar-refractivity contribution in [2.75, 3.05) is 6.61 Å². The highest BCUT2D eigenvalue weighted by atomic mass is 16.5. The van der Waals surface area contributed by atoms with Crippen molar-refractivity contribution in [3.05, 3.63) is 12.7 Å². The maximum atomic E-state index is 12.2. The predicted octanol–water partition coefficient (Wildman–Crippen LogP) is 6.20. The highest BCUT2D eigenvalue weighted by Gasteiger charge is 2.58. The van der Waals surface area contributed by atoms with Crippen LogP contribution in [0.1, 0.15) is 85.5 Å². The molecule has 148 valence electrons. The Morgan fingerprint density at radius 3 is 2.65 bits per heavy atom. The quantitative estimate of drug-likeness (QED) is 0.506. The van der Waals surface area contributed by atoms with Gasteiger partial charge in [-0.25, -0.2) is 0 Å². The number of ether oxygens (including phenoxy) is 1. The molecule has 3 saturated carbocycles. The largest absolute Gasteiger partial charge is 0.374 e. The van der Waals surface area contributed by atoms with Gasteiger partial charge in [0.05, 0.1) is 12.7 Å². The molecule has 0 N–H and O–H groups in total. The normalized spacial score (nSPS) is 43.4. The molecule has 3 aliphatic carbocycles. The number of fused-ring (bicyclic) bond motifs is 3. The zero-order chi connectivity index (χ0) is 18.9. The second-order valence-corrected chi connectivity index (χ2v) is 10.2. The molecule has 26 heavy (non-hydrogen) atoms. The SMILES string of the molecule is C=CCOC(C)CCC1(C)CCCC2C1CCC1(C)C(C(C)=O)CCC21. The van der Waals surface area contributed by atoms with Crippen molar-refractivity contribution in [2.24, 2.45) is 34.5 Å². The van der Waals surface area contributed by atoms with E-state index >= 15 is 0 Å². The lowest BCUT2D eigenvalue weighted by Gasteiger charge is -2.56. The molecular weight excluding hydrogens is 320 g/mol. The molecule has 0 heterocycles. The zero-order valence-corrected chi connectivity index (χ0v) is 17.6. The van der Waals surface area contributed by atoms with Crippen LogP contribution in [0.3, 0.4) is 0 Å². The van der Waals surface area contributed by atoms with E-state index in [0.29, 0.717) is 29.8 Å². The molecule has 0 aromatic carbocycles. The summed E-state index contributed by atoms with van der Waals surface area (Å²) < 4.78 is 5.83. The van der Waals surface area contributed by atoms with Crippen molar-refractivity contribution < 1.29 is 9.53 Å². The minimum Gasteiger partial charge on any atom is -0.374 e. The fourth-order valence-electron chi connectivity index (χ4n) is 7.31. The van der Waals surface area contributed by atoms with Crippen LogP contribution in [0.2, 0.25) is 0 Å². The number of hydrogen-bond acceptors (Lipinski definition) is 2. The van der Waals surface area contributed by atoms with E-state index in [4.69, 9.17) is 4.74 Å². The Morgan fingerprint density at radius 2 is 1.96 bits per heavy atom. The molecule has 0 radical (unpaired) electrons. The van der Waals surface area contributed by atoms with Gasteiger partial charge in [0.2, 0.25) is 0 Å². The summed E-state index contributed by atoms with van der Waals surface area (Å²) in [6, 6.07) is 0. The lowest BCUT2D eigenvalue weighted by atomic mass is 9.48. The molecule has 0 aliphatic heterocycles. The third-order valence-corrected chi connectivity index (χ3v) is 8.73. The average molecular weight is 361 g/mol. The van der Waals surface area contributed by atoms with E-state index in [1.165, 1.54) is 44.9 Å². The van der Waals surface area contributed by atoms with Crippen LogP contribution in [-0.4, -0.2) is 18.5 Å². The molecule has 7 unspecified atom stereocenters. The van der Waals surface area contributed by atoms with Crippen molar-refractivity contribution >= 4 is 5.78 Å². The molecule has 0 saturated heterocycles. The van der Waals surface area contributed by atoms with E-state index in [9.17, 15) is 4.79 Å². The van der Waals surface area contributed by atoms with Gasteiger partial charge in [-0.3, -0.25) is 4.79 Å². The van der Waals surface area contributed by atoms with Gasteiger partial charge in [-0.1, -0.05) is 26.3 Å². The maximum Gasteiger partial charge on any atom is 0.133 e. The smallest absolute Gasteiger partial charge is 0.133 e. The van der Waals surface area contributed by atoms with Crippen LogP contribution in [-0.2, 0) is 9.53 Å². The molecular formula is C24H40O2. The molecule has 0 amide bonds. The highest BCUT2D eigenvalue weighted by Crippen LogP contribution is 2.65. The summed E-state index contributed by atoms with van der Waals surface area (Å²) in [7, 11) is 0. The van der Waals surface area contributed by atoms with Crippen molar-refractivity contribution in [3.8, 4) is 0 Å². The summed E-state index contributed by atoms with van der Waals surface area (Å²) in [6.07, 6.45) is 13.8. The second kappa shape index (κ2) is 7.78. The molecule has 2 nitrogen and oxygen atoms in total. The van der Waals surface area contributed by atoms with Gasteiger partial charge < -0.3 is 4.74 Å². The Kier molecular flexibility index (Phi) is 6.02. The van der Waals surface area contributed by atoms with Gasteiger partial charge in [0.1, 0.15) is 5.78 Å². The van der Waals surface area contributed by atoms with Gasteiger partial charge in [-0.2, -0.15) is 0 Å². The maximum absolute atomic E-state index is 12.2. The van der Waals surface area contributed by atoms with Gasteiger partial charge in [0.25, 0.3) is 0 Å². The third-order valence-electron chi connectivity index (χ3n) is 8.73. The molecule has 0 spiro atoms. The highest BCUT2D eigenvalue weighted by molar-refractivity contribution is 5.79. The molecule has 0 aromatic heterocycles. The van der Waals surface area contributed by atoms with Crippen LogP contribution in [0.25, 0.3) is 0 Å². The third kappa shape index (κ3) is 3.55. The molecule has 2 heteroatoms. The van der Waals surface area contributed by atoms with E-state index in [0.717, 1.165) is 30.6 Å². The summed E-state index contributed by atoms with van der Waals surface area (Å²) in [5.41, 5.74) is 0.746. The zero-order valence-electron chi connectivity index (χ0n) is 17.6. The fourth-order valence-corrected chi connectivity index (χ4v) is 7.31. The molecule has 3 aliphatic rings. The molecule has 0 bridgehead atoms. The minimum atomic E-state index is 0.283. The Hall–Kier alpha value is -0.630. The minimum absolute atomic E-state index is 0.283. The molecule has 3 rings (SSSR count). The summed E-state index contributed by atoms with van der Waals surface area (Å²) in [4.78, 5) is 12.2. The van der Waals surface area contributed by atoms with Crippen molar-refractivity contribution in [2.45, 2.75) is 91.6 Å². The Balaban J connectivity index is 1.70. The number of carbonyl (C=O) groups excluding carboxylic acids is 1. The number of Topliss-reactive ketones (excluding diaryl/α,β-unsaturated/α-hetero) is 1. The van der Waals surface area contributed by atoms with Gasteiger partial charge in [-0.05, 0) is 93.8 Å². The van der Waals surface area contributed by atoms with Crippen LogP contribution in [0.4, 0.5) is 0 Å². The first-order valence-electron chi connectivity index (χ1n) is 11.0. The lowest BCUT2D eigenvalue weighted by Crippen LogP contribution is -2.49. The lowest BCUT2D eigenvalue weighted by molar-refractivity contribution is -0.128. The first kappa shape index (κ1) is 20.1. The Labute approximate surface area is 161 Å². The van der Waals surface area contributed by atoms with E-state index in [1.54, 1.807) is 0 Å². The number of hydrogen-bond donors (Lipinski definition) is 0. The van der Waals surface area contributed by atoms with Crippen LogP contribution in [0.5, 0.6) is 0 Å². The van der Waals surface area contributed by atoms with Crippen molar-refractivity contribution in [1.82, 2.24) is 0 Å². The first-order valence-corrected chi connectivity index (χ1v) is 11.0. The summed E-state index contributed by atoms with van der Waals surface area (Å²) in [5, 5.41) is 0. The topological polar surface area (TPSA) is 26.3 Å². The van der Waals surface area contributed by atoms with E-state index in [-0.39, 0.29) is 5.41 Å². The summed E-state index contributed by atoms with van der Waals surface area (Å²) >= 11 is 0. The van der Waals surface area contributed by atoms with Crippen LogP contribution < -0.4 is 0 Å². The Morgan fingerprint density at radius 1 is 1.19 bits per heavy atom. The van der Waals surface area contributed by atoms with Gasteiger partial charge in [0, 0.05) is 5.92 Å². The molecule has 0 aromatic rings. The average Bonchev–Trinajstić information content (AvgIpc) is 2.96. The van der Waals surface area contributed by atoms with E-state index in [2.05, 4.69) is 27.4 Å².